The van der Waals surface area contributed by atoms with Crippen LogP contribution in [0.4, 0.5) is 0 Å². The van der Waals surface area contributed by atoms with Gasteiger partial charge in [-0.3, -0.25) is 9.78 Å². The Labute approximate surface area is 170 Å². The zero-order valence-corrected chi connectivity index (χ0v) is 17.4. The molecule has 0 N–H and O–H groups in total. The summed E-state index contributed by atoms with van der Waals surface area (Å²) in [6.07, 6.45) is 5.57. The highest BCUT2D eigenvalue weighted by molar-refractivity contribution is 6.30. The van der Waals surface area contributed by atoms with Crippen LogP contribution in [-0.2, 0) is 22.4 Å². The maximum absolute atomic E-state index is 11.6. The number of pyridine rings is 1. The summed E-state index contributed by atoms with van der Waals surface area (Å²) in [6.45, 7) is 6.42. The molecule has 0 aromatic carbocycles. The highest BCUT2D eigenvalue weighted by Gasteiger charge is 2.18. The van der Waals surface area contributed by atoms with Crippen molar-refractivity contribution in [2.75, 3.05) is 6.61 Å². The van der Waals surface area contributed by atoms with Crippen molar-refractivity contribution in [2.45, 2.75) is 52.9 Å². The standard InChI is InChI=1S/C22H26ClN3O2/c1-4-17-10-11-20-22(19-14-16(23)12-13-24-19)18(15(3)25-26(17)20)8-6-7-9-21(27)28-5-2/h10-14H,4-9H2,1-3H3. The van der Waals surface area contributed by atoms with Crippen LogP contribution in [0.25, 0.3) is 16.8 Å². The molecule has 0 unspecified atom stereocenters. The third-order valence-corrected chi connectivity index (χ3v) is 5.12. The number of aryl methyl sites for hydroxylation is 2. The highest BCUT2D eigenvalue weighted by Crippen LogP contribution is 2.32. The fourth-order valence-electron chi connectivity index (χ4n) is 3.53. The van der Waals surface area contributed by atoms with Gasteiger partial charge in [-0.1, -0.05) is 18.5 Å². The number of nitrogens with zero attached hydrogens (tertiary/aromatic N) is 3. The van der Waals surface area contributed by atoms with Gasteiger partial charge in [0.2, 0.25) is 0 Å². The van der Waals surface area contributed by atoms with Gasteiger partial charge in [0, 0.05) is 28.9 Å². The van der Waals surface area contributed by atoms with Crippen LogP contribution in [0.2, 0.25) is 5.02 Å². The lowest BCUT2D eigenvalue weighted by Gasteiger charge is -2.15. The van der Waals surface area contributed by atoms with Crippen LogP contribution in [0, 0.1) is 6.92 Å². The first kappa shape index (κ1) is 20.3. The molecule has 0 radical (unpaired) electrons. The van der Waals surface area contributed by atoms with E-state index >= 15 is 0 Å². The molecule has 0 saturated carbocycles. The van der Waals surface area contributed by atoms with Crippen LogP contribution in [0.1, 0.15) is 50.1 Å². The zero-order chi connectivity index (χ0) is 20.1. The van der Waals surface area contributed by atoms with Gasteiger partial charge < -0.3 is 4.74 Å². The lowest BCUT2D eigenvalue weighted by molar-refractivity contribution is -0.143. The average Bonchev–Trinajstić information content (AvgIpc) is 3.07. The van der Waals surface area contributed by atoms with Gasteiger partial charge >= 0.3 is 5.97 Å². The maximum atomic E-state index is 11.6. The smallest absolute Gasteiger partial charge is 0.305 e. The Hall–Kier alpha value is -2.40. The molecule has 3 aromatic rings. The van der Waals surface area contributed by atoms with E-state index in [4.69, 9.17) is 21.4 Å². The van der Waals surface area contributed by atoms with Crippen molar-refractivity contribution in [1.29, 1.82) is 0 Å². The van der Waals surface area contributed by atoms with Gasteiger partial charge in [0.05, 0.1) is 23.5 Å². The van der Waals surface area contributed by atoms with E-state index in [1.165, 1.54) is 0 Å². The van der Waals surface area contributed by atoms with Crippen molar-refractivity contribution in [3.63, 3.8) is 0 Å². The molecular formula is C22H26ClN3O2. The van der Waals surface area contributed by atoms with Gasteiger partial charge in [-0.25, -0.2) is 4.52 Å². The molecule has 5 nitrogen and oxygen atoms in total. The molecule has 3 aromatic heterocycles. The van der Waals surface area contributed by atoms with E-state index in [0.717, 1.165) is 59.4 Å². The minimum atomic E-state index is -0.135. The molecule has 0 aliphatic heterocycles. The summed E-state index contributed by atoms with van der Waals surface area (Å²) in [6, 6.07) is 7.90. The van der Waals surface area contributed by atoms with Crippen LogP contribution >= 0.6 is 11.6 Å². The maximum Gasteiger partial charge on any atom is 0.305 e. The molecule has 3 heterocycles. The Kier molecular flexibility index (Phi) is 6.68. The van der Waals surface area contributed by atoms with Gasteiger partial charge in [0.1, 0.15) is 0 Å². The van der Waals surface area contributed by atoms with E-state index in [0.29, 0.717) is 18.1 Å². The van der Waals surface area contributed by atoms with Crippen molar-refractivity contribution in [3.8, 4) is 11.3 Å². The Balaban J connectivity index is 1.97. The first-order chi connectivity index (χ1) is 13.5. The largest absolute Gasteiger partial charge is 0.466 e. The van der Waals surface area contributed by atoms with Crippen LogP contribution in [0.5, 0.6) is 0 Å². The monoisotopic (exact) mass is 399 g/mol. The molecule has 0 spiro atoms. The first-order valence-corrected chi connectivity index (χ1v) is 10.2. The summed E-state index contributed by atoms with van der Waals surface area (Å²) in [5, 5.41) is 5.48. The SMILES string of the molecule is CCOC(=O)CCCCc1c(C)nn2c(CC)ccc2c1-c1cc(Cl)ccn1. The topological polar surface area (TPSA) is 56.5 Å². The highest BCUT2D eigenvalue weighted by atomic mass is 35.5. The number of esters is 1. The molecular weight excluding hydrogens is 374 g/mol. The van der Waals surface area contributed by atoms with Crippen LogP contribution in [0.3, 0.4) is 0 Å². The number of carbonyl (C=O) groups is 1. The predicted octanol–water partition coefficient (Wildman–Crippen LogP) is 5.20. The molecule has 6 heteroatoms. The van der Waals surface area contributed by atoms with Gasteiger partial charge in [-0.15, -0.1) is 0 Å². The van der Waals surface area contributed by atoms with Crippen LogP contribution in [0.15, 0.2) is 30.5 Å². The van der Waals surface area contributed by atoms with E-state index < -0.39 is 0 Å². The number of unbranched alkanes of at least 4 members (excludes halogenated alkanes) is 1. The Morgan fingerprint density at radius 2 is 2.04 bits per heavy atom. The number of halogens is 1. The van der Waals surface area contributed by atoms with Crippen molar-refractivity contribution >= 4 is 23.1 Å². The third-order valence-electron chi connectivity index (χ3n) is 4.88. The number of hydrogen-bond acceptors (Lipinski definition) is 4. The first-order valence-electron chi connectivity index (χ1n) is 9.82. The Morgan fingerprint density at radius 3 is 2.75 bits per heavy atom. The number of carbonyl (C=O) groups excluding carboxylic acids is 1. The second kappa shape index (κ2) is 9.20. The van der Waals surface area contributed by atoms with Crippen LogP contribution < -0.4 is 0 Å². The van der Waals surface area contributed by atoms with Crippen LogP contribution in [-0.4, -0.2) is 27.2 Å². The summed E-state index contributed by atoms with van der Waals surface area (Å²) < 4.78 is 7.03. The fourth-order valence-corrected chi connectivity index (χ4v) is 3.69. The van der Waals surface area contributed by atoms with E-state index in [1.807, 2.05) is 24.4 Å². The van der Waals surface area contributed by atoms with Gasteiger partial charge in [-0.05, 0) is 69.4 Å². The zero-order valence-electron chi connectivity index (χ0n) is 16.7. The molecule has 28 heavy (non-hydrogen) atoms. The summed E-state index contributed by atoms with van der Waals surface area (Å²) >= 11 is 6.25. The van der Waals surface area contributed by atoms with Gasteiger partial charge in [0.25, 0.3) is 0 Å². The molecule has 0 fully saturated rings. The number of rotatable bonds is 8. The minimum absolute atomic E-state index is 0.135. The number of fused-ring (bicyclic) bond motifs is 1. The second-order valence-corrected chi connectivity index (χ2v) is 7.22. The number of ether oxygens (including phenoxy) is 1. The lowest BCUT2D eigenvalue weighted by Crippen LogP contribution is -2.07. The molecule has 0 saturated heterocycles. The van der Waals surface area contributed by atoms with Crippen molar-refractivity contribution < 1.29 is 9.53 Å². The fraction of sp³-hybridized carbons (Fsp3) is 0.409. The molecule has 0 amide bonds. The molecule has 3 rings (SSSR count). The van der Waals surface area contributed by atoms with Crippen molar-refractivity contribution in [2.24, 2.45) is 0 Å². The van der Waals surface area contributed by atoms with E-state index in [-0.39, 0.29) is 5.97 Å². The molecule has 0 atom stereocenters. The minimum Gasteiger partial charge on any atom is -0.466 e. The Bertz CT molecular complexity index is 981. The second-order valence-electron chi connectivity index (χ2n) is 6.79. The predicted molar refractivity (Wildman–Crippen MR) is 112 cm³/mol. The molecule has 0 bridgehead atoms. The van der Waals surface area contributed by atoms with E-state index in [1.54, 1.807) is 12.3 Å². The van der Waals surface area contributed by atoms with Gasteiger partial charge in [0.15, 0.2) is 0 Å². The Morgan fingerprint density at radius 1 is 1.21 bits per heavy atom. The quantitative estimate of drug-likeness (QED) is 0.386. The summed E-state index contributed by atoms with van der Waals surface area (Å²) in [5.74, 6) is -0.135. The van der Waals surface area contributed by atoms with Crippen molar-refractivity contribution in [3.05, 3.63) is 52.4 Å². The van der Waals surface area contributed by atoms with Crippen molar-refractivity contribution in [1.82, 2.24) is 14.6 Å². The molecule has 0 aliphatic rings. The third kappa shape index (κ3) is 4.36. The molecule has 148 valence electrons. The summed E-state index contributed by atoms with van der Waals surface area (Å²) in [5.41, 5.74) is 6.26. The van der Waals surface area contributed by atoms with Gasteiger partial charge in [-0.2, -0.15) is 5.10 Å². The average molecular weight is 400 g/mol. The summed E-state index contributed by atoms with van der Waals surface area (Å²) in [4.78, 5) is 16.2. The number of hydrogen-bond donors (Lipinski definition) is 0. The summed E-state index contributed by atoms with van der Waals surface area (Å²) in [7, 11) is 0. The van der Waals surface area contributed by atoms with E-state index in [9.17, 15) is 4.79 Å². The normalized spacial score (nSPS) is 11.1. The lowest BCUT2D eigenvalue weighted by atomic mass is 9.97. The van der Waals surface area contributed by atoms with E-state index in [2.05, 4.69) is 24.0 Å². The number of aromatic nitrogens is 3. The molecule has 0 aliphatic carbocycles.